The van der Waals surface area contributed by atoms with Crippen LogP contribution in [0.5, 0.6) is 0 Å². The molecule has 6 heteroatoms. The molecule has 0 aliphatic carbocycles. The first-order chi connectivity index (χ1) is 9.69. The summed E-state index contributed by atoms with van der Waals surface area (Å²) in [6, 6.07) is 5.93. The van der Waals surface area contributed by atoms with Crippen molar-refractivity contribution in [1.82, 2.24) is 0 Å². The second-order valence-corrected chi connectivity index (χ2v) is 7.98. The van der Waals surface area contributed by atoms with E-state index in [9.17, 15) is 4.79 Å². The van der Waals surface area contributed by atoms with Crippen LogP contribution in [0.3, 0.4) is 0 Å². The number of amides is 1. The molecule has 1 amide bonds. The van der Waals surface area contributed by atoms with E-state index in [0.29, 0.717) is 0 Å². The maximum absolute atomic E-state index is 11.7. The van der Waals surface area contributed by atoms with E-state index in [-0.39, 0.29) is 29.5 Å². The SMILES string of the molecule is CC1Sc2cc(B3OC(C)(C)C(C)(C)O3)ccc2NC1=O. The van der Waals surface area contributed by atoms with Crippen molar-refractivity contribution >= 4 is 35.9 Å². The number of benzene rings is 1. The fourth-order valence-corrected chi connectivity index (χ4v) is 3.34. The van der Waals surface area contributed by atoms with Crippen LogP contribution in [0.4, 0.5) is 5.69 Å². The van der Waals surface area contributed by atoms with Crippen LogP contribution in [0.2, 0.25) is 0 Å². The van der Waals surface area contributed by atoms with Gasteiger partial charge in [-0.15, -0.1) is 11.8 Å². The number of fused-ring (bicyclic) bond motifs is 1. The Morgan fingerprint density at radius 3 is 2.43 bits per heavy atom. The first-order valence-electron chi connectivity index (χ1n) is 7.17. The average Bonchev–Trinajstić information content (AvgIpc) is 2.59. The van der Waals surface area contributed by atoms with Gasteiger partial charge in [-0.05, 0) is 52.2 Å². The van der Waals surface area contributed by atoms with Gasteiger partial charge in [-0.25, -0.2) is 0 Å². The third kappa shape index (κ3) is 2.49. The van der Waals surface area contributed by atoms with Crippen molar-refractivity contribution in [2.45, 2.75) is 56.0 Å². The van der Waals surface area contributed by atoms with Crippen molar-refractivity contribution in [1.29, 1.82) is 0 Å². The van der Waals surface area contributed by atoms with Crippen LogP contribution >= 0.6 is 11.8 Å². The molecule has 1 aromatic rings. The van der Waals surface area contributed by atoms with Crippen molar-refractivity contribution in [2.75, 3.05) is 5.32 Å². The number of carbonyl (C=O) groups excluding carboxylic acids is 1. The number of hydrogen-bond donors (Lipinski definition) is 1. The summed E-state index contributed by atoms with van der Waals surface area (Å²) in [5.74, 6) is 0.0517. The molecule has 0 saturated carbocycles. The normalized spacial score (nSPS) is 26.4. The van der Waals surface area contributed by atoms with Crippen molar-refractivity contribution in [3.63, 3.8) is 0 Å². The standard InChI is InChI=1S/C15H20BNO3S/c1-9-13(18)17-11-7-6-10(8-12(11)21-9)16-19-14(2,3)15(4,5)20-16/h6-9H,1-5H3,(H,17,18). The zero-order chi connectivity index (χ0) is 15.4. The number of hydrogen-bond acceptors (Lipinski definition) is 4. The van der Waals surface area contributed by atoms with E-state index in [4.69, 9.17) is 9.31 Å². The van der Waals surface area contributed by atoms with Crippen LogP contribution < -0.4 is 10.8 Å². The van der Waals surface area contributed by atoms with Crippen LogP contribution in [-0.2, 0) is 14.1 Å². The van der Waals surface area contributed by atoms with Crippen molar-refractivity contribution < 1.29 is 14.1 Å². The molecule has 1 N–H and O–H groups in total. The molecule has 1 saturated heterocycles. The Hall–Kier alpha value is -0.975. The number of anilines is 1. The van der Waals surface area contributed by atoms with Gasteiger partial charge in [0.15, 0.2) is 0 Å². The molecule has 1 aromatic carbocycles. The fraction of sp³-hybridized carbons (Fsp3) is 0.533. The van der Waals surface area contributed by atoms with E-state index in [0.717, 1.165) is 16.0 Å². The van der Waals surface area contributed by atoms with E-state index in [2.05, 4.69) is 11.4 Å². The van der Waals surface area contributed by atoms with Crippen molar-refractivity contribution in [3.05, 3.63) is 18.2 Å². The van der Waals surface area contributed by atoms with E-state index < -0.39 is 0 Å². The molecule has 21 heavy (non-hydrogen) atoms. The Labute approximate surface area is 130 Å². The van der Waals surface area contributed by atoms with Crippen LogP contribution in [0.25, 0.3) is 0 Å². The maximum Gasteiger partial charge on any atom is 0.494 e. The first kappa shape index (κ1) is 14.9. The highest BCUT2D eigenvalue weighted by Crippen LogP contribution is 2.38. The first-order valence-corrected chi connectivity index (χ1v) is 8.05. The average molecular weight is 305 g/mol. The van der Waals surface area contributed by atoms with Gasteiger partial charge in [0.1, 0.15) is 0 Å². The predicted molar refractivity (Wildman–Crippen MR) is 86.1 cm³/mol. The molecular formula is C15H20BNO3S. The quantitative estimate of drug-likeness (QED) is 0.810. The van der Waals surface area contributed by atoms with Crippen LogP contribution in [0.15, 0.2) is 23.1 Å². The van der Waals surface area contributed by atoms with Crippen molar-refractivity contribution in [2.24, 2.45) is 0 Å². The Balaban J connectivity index is 1.89. The van der Waals surface area contributed by atoms with Crippen molar-refractivity contribution in [3.8, 4) is 0 Å². The second kappa shape index (κ2) is 4.76. The van der Waals surface area contributed by atoms with Crippen LogP contribution in [0.1, 0.15) is 34.6 Å². The van der Waals surface area contributed by atoms with Gasteiger partial charge in [0.05, 0.1) is 22.1 Å². The second-order valence-electron chi connectivity index (χ2n) is 6.59. The number of rotatable bonds is 1. The molecular weight excluding hydrogens is 285 g/mol. The third-order valence-electron chi connectivity index (χ3n) is 4.46. The van der Waals surface area contributed by atoms with Gasteiger partial charge in [0, 0.05) is 4.90 Å². The third-order valence-corrected chi connectivity index (χ3v) is 5.62. The summed E-state index contributed by atoms with van der Waals surface area (Å²) >= 11 is 1.57. The van der Waals surface area contributed by atoms with Crippen LogP contribution in [-0.4, -0.2) is 29.5 Å². The minimum Gasteiger partial charge on any atom is -0.399 e. The maximum atomic E-state index is 11.7. The smallest absolute Gasteiger partial charge is 0.399 e. The molecule has 0 aromatic heterocycles. The van der Waals surface area contributed by atoms with E-state index in [1.54, 1.807) is 11.8 Å². The summed E-state index contributed by atoms with van der Waals surface area (Å²) < 4.78 is 12.1. The van der Waals surface area contributed by atoms with E-state index in [1.165, 1.54) is 0 Å². The van der Waals surface area contributed by atoms with Gasteiger partial charge in [-0.1, -0.05) is 6.07 Å². The molecule has 1 unspecified atom stereocenters. The zero-order valence-electron chi connectivity index (χ0n) is 13.0. The zero-order valence-corrected chi connectivity index (χ0v) is 13.8. The van der Waals surface area contributed by atoms with Gasteiger partial charge < -0.3 is 14.6 Å². The lowest BCUT2D eigenvalue weighted by molar-refractivity contribution is -0.115. The summed E-state index contributed by atoms with van der Waals surface area (Å²) in [4.78, 5) is 12.8. The van der Waals surface area contributed by atoms with Gasteiger partial charge in [0.25, 0.3) is 0 Å². The summed E-state index contributed by atoms with van der Waals surface area (Å²) in [5.41, 5.74) is 1.16. The fourth-order valence-electron chi connectivity index (χ4n) is 2.34. The van der Waals surface area contributed by atoms with Gasteiger partial charge in [-0.2, -0.15) is 0 Å². The molecule has 2 aliphatic rings. The molecule has 112 valence electrons. The highest BCUT2D eigenvalue weighted by Gasteiger charge is 2.51. The number of thioether (sulfide) groups is 1. The molecule has 3 rings (SSSR count). The lowest BCUT2D eigenvalue weighted by atomic mass is 9.79. The monoisotopic (exact) mass is 305 g/mol. The topological polar surface area (TPSA) is 47.6 Å². The van der Waals surface area contributed by atoms with Gasteiger partial charge in [-0.3, -0.25) is 4.79 Å². The molecule has 0 spiro atoms. The number of carbonyl (C=O) groups is 1. The lowest BCUT2D eigenvalue weighted by Gasteiger charge is -2.32. The molecule has 2 heterocycles. The molecule has 0 bridgehead atoms. The Kier molecular flexibility index (Phi) is 3.39. The molecule has 1 fully saturated rings. The highest BCUT2D eigenvalue weighted by molar-refractivity contribution is 8.01. The molecule has 4 nitrogen and oxygen atoms in total. The Bertz CT molecular complexity index is 587. The highest BCUT2D eigenvalue weighted by atomic mass is 32.2. The largest absolute Gasteiger partial charge is 0.494 e. The molecule has 1 atom stereocenters. The Morgan fingerprint density at radius 1 is 1.19 bits per heavy atom. The minimum absolute atomic E-state index is 0.0517. The van der Waals surface area contributed by atoms with Crippen LogP contribution in [0, 0.1) is 0 Å². The predicted octanol–water partition coefficient (Wildman–Crippen LogP) is 2.42. The summed E-state index contributed by atoms with van der Waals surface area (Å²) in [6.45, 7) is 10.1. The van der Waals surface area contributed by atoms with E-state index in [1.807, 2.05) is 46.8 Å². The van der Waals surface area contributed by atoms with Gasteiger partial charge in [0.2, 0.25) is 5.91 Å². The number of nitrogens with one attached hydrogen (secondary N) is 1. The van der Waals surface area contributed by atoms with Gasteiger partial charge >= 0.3 is 7.12 Å². The molecule has 0 radical (unpaired) electrons. The Morgan fingerprint density at radius 2 is 1.81 bits per heavy atom. The van der Waals surface area contributed by atoms with E-state index >= 15 is 0 Å². The lowest BCUT2D eigenvalue weighted by Crippen LogP contribution is -2.41. The molecule has 2 aliphatic heterocycles. The summed E-state index contributed by atoms with van der Waals surface area (Å²) in [7, 11) is -0.367. The summed E-state index contributed by atoms with van der Waals surface area (Å²) in [6.07, 6.45) is 0. The summed E-state index contributed by atoms with van der Waals surface area (Å²) in [5, 5.41) is 2.84. The minimum atomic E-state index is -0.367.